The topological polar surface area (TPSA) is 17.1 Å². The second kappa shape index (κ2) is 5.03. The number of rotatable bonds is 4. The molecule has 0 unspecified atom stereocenters. The SMILES string of the molecule is CCCC[C@@H]1C(=O)c2ccccc2[C@H]1C(C)C. The maximum Gasteiger partial charge on any atom is 0.166 e. The van der Waals surface area contributed by atoms with Crippen LogP contribution in [-0.2, 0) is 0 Å². The quantitative estimate of drug-likeness (QED) is 0.748. The van der Waals surface area contributed by atoms with E-state index in [4.69, 9.17) is 0 Å². The van der Waals surface area contributed by atoms with Gasteiger partial charge in [-0.1, -0.05) is 57.9 Å². The fourth-order valence-electron chi connectivity index (χ4n) is 3.15. The summed E-state index contributed by atoms with van der Waals surface area (Å²) in [5, 5.41) is 0. The fourth-order valence-corrected chi connectivity index (χ4v) is 3.15. The normalized spacial score (nSPS) is 23.2. The van der Waals surface area contributed by atoms with E-state index < -0.39 is 0 Å². The van der Waals surface area contributed by atoms with Crippen molar-refractivity contribution in [2.75, 3.05) is 0 Å². The number of unbranched alkanes of at least 4 members (excludes halogenated alkanes) is 1. The molecule has 1 aliphatic carbocycles. The molecule has 1 aromatic rings. The lowest BCUT2D eigenvalue weighted by Crippen LogP contribution is -2.17. The monoisotopic (exact) mass is 230 g/mol. The minimum Gasteiger partial charge on any atom is -0.294 e. The second-order valence-electron chi connectivity index (χ2n) is 5.47. The van der Waals surface area contributed by atoms with Crippen LogP contribution in [0, 0.1) is 11.8 Å². The number of carbonyl (C=O) groups is 1. The number of fused-ring (bicyclic) bond motifs is 1. The van der Waals surface area contributed by atoms with Crippen molar-refractivity contribution in [3.8, 4) is 0 Å². The van der Waals surface area contributed by atoms with Crippen LogP contribution in [0.15, 0.2) is 24.3 Å². The van der Waals surface area contributed by atoms with E-state index in [0.717, 1.165) is 18.4 Å². The molecule has 0 radical (unpaired) electrons. The smallest absolute Gasteiger partial charge is 0.166 e. The molecule has 0 spiro atoms. The predicted molar refractivity (Wildman–Crippen MR) is 71.4 cm³/mol. The van der Waals surface area contributed by atoms with Gasteiger partial charge in [0, 0.05) is 11.5 Å². The predicted octanol–water partition coefficient (Wildman–Crippen LogP) is 4.43. The van der Waals surface area contributed by atoms with Crippen molar-refractivity contribution in [1.29, 1.82) is 0 Å². The summed E-state index contributed by atoms with van der Waals surface area (Å²) in [7, 11) is 0. The van der Waals surface area contributed by atoms with Gasteiger partial charge in [-0.3, -0.25) is 4.79 Å². The largest absolute Gasteiger partial charge is 0.294 e. The summed E-state index contributed by atoms with van der Waals surface area (Å²) in [5.41, 5.74) is 2.26. The Morgan fingerprint density at radius 3 is 2.59 bits per heavy atom. The Morgan fingerprint density at radius 1 is 1.24 bits per heavy atom. The van der Waals surface area contributed by atoms with Crippen molar-refractivity contribution in [3.63, 3.8) is 0 Å². The standard InChI is InChI=1S/C16H22O/c1-4-5-8-14-15(11(2)3)12-9-6-7-10-13(12)16(14)17/h6-7,9-11,14-15H,4-5,8H2,1-3H3/t14-,15+/m0/s1. The zero-order valence-corrected chi connectivity index (χ0v) is 11.1. The first-order valence-corrected chi connectivity index (χ1v) is 6.80. The van der Waals surface area contributed by atoms with E-state index >= 15 is 0 Å². The summed E-state index contributed by atoms with van der Waals surface area (Å²) in [6, 6.07) is 8.18. The average Bonchev–Trinajstić information content (AvgIpc) is 2.60. The maximum atomic E-state index is 12.4. The Bertz CT molecular complexity index is 406. The van der Waals surface area contributed by atoms with Gasteiger partial charge in [0.2, 0.25) is 0 Å². The molecular weight excluding hydrogens is 208 g/mol. The molecule has 92 valence electrons. The molecule has 1 heteroatoms. The van der Waals surface area contributed by atoms with Gasteiger partial charge in [0.15, 0.2) is 5.78 Å². The summed E-state index contributed by atoms with van der Waals surface area (Å²) in [5.74, 6) is 1.59. The number of carbonyl (C=O) groups excluding carboxylic acids is 1. The molecule has 0 bridgehead atoms. The lowest BCUT2D eigenvalue weighted by molar-refractivity contribution is 0.0902. The average molecular weight is 230 g/mol. The zero-order chi connectivity index (χ0) is 12.4. The van der Waals surface area contributed by atoms with Crippen LogP contribution >= 0.6 is 0 Å². The van der Waals surface area contributed by atoms with E-state index in [1.165, 1.54) is 12.0 Å². The molecule has 17 heavy (non-hydrogen) atoms. The number of benzene rings is 1. The van der Waals surface area contributed by atoms with E-state index in [2.05, 4.69) is 32.9 Å². The molecule has 0 aliphatic heterocycles. The van der Waals surface area contributed by atoms with Crippen LogP contribution in [0.3, 0.4) is 0 Å². The lowest BCUT2D eigenvalue weighted by atomic mass is 9.80. The van der Waals surface area contributed by atoms with Crippen molar-refractivity contribution < 1.29 is 4.79 Å². The lowest BCUT2D eigenvalue weighted by Gasteiger charge is -2.22. The Balaban J connectivity index is 2.34. The van der Waals surface area contributed by atoms with Gasteiger partial charge in [-0.2, -0.15) is 0 Å². The Morgan fingerprint density at radius 2 is 1.94 bits per heavy atom. The van der Waals surface area contributed by atoms with E-state index in [0.29, 0.717) is 17.6 Å². The first-order chi connectivity index (χ1) is 8.16. The molecule has 0 saturated heterocycles. The first kappa shape index (κ1) is 12.3. The molecule has 1 aromatic carbocycles. The molecule has 1 aliphatic rings. The molecule has 0 heterocycles. The number of ketones is 1. The van der Waals surface area contributed by atoms with Crippen LogP contribution in [0.5, 0.6) is 0 Å². The minimum absolute atomic E-state index is 0.229. The first-order valence-electron chi connectivity index (χ1n) is 6.80. The summed E-state index contributed by atoms with van der Waals surface area (Å²) in [6.45, 7) is 6.66. The van der Waals surface area contributed by atoms with Crippen molar-refractivity contribution in [3.05, 3.63) is 35.4 Å². The Kier molecular flexibility index (Phi) is 3.66. The Labute approximate surface area is 104 Å². The molecular formula is C16H22O. The molecule has 0 aromatic heterocycles. The number of Topliss-reactive ketones (excluding diaryl/α,β-unsaturated/α-hetero) is 1. The summed E-state index contributed by atoms with van der Waals surface area (Å²) < 4.78 is 0. The van der Waals surface area contributed by atoms with E-state index in [9.17, 15) is 4.79 Å². The highest BCUT2D eigenvalue weighted by Crippen LogP contribution is 2.44. The van der Waals surface area contributed by atoms with Gasteiger partial charge in [0.05, 0.1) is 0 Å². The van der Waals surface area contributed by atoms with Gasteiger partial charge in [0.25, 0.3) is 0 Å². The molecule has 2 rings (SSSR count). The molecule has 0 fully saturated rings. The van der Waals surface area contributed by atoms with Crippen LogP contribution in [0.1, 0.15) is 61.9 Å². The van der Waals surface area contributed by atoms with Crippen molar-refractivity contribution in [2.45, 2.75) is 46.0 Å². The highest BCUT2D eigenvalue weighted by atomic mass is 16.1. The second-order valence-corrected chi connectivity index (χ2v) is 5.47. The van der Waals surface area contributed by atoms with Crippen molar-refractivity contribution in [2.24, 2.45) is 11.8 Å². The Hall–Kier alpha value is -1.11. The van der Waals surface area contributed by atoms with E-state index in [1.54, 1.807) is 0 Å². The third-order valence-corrected chi connectivity index (χ3v) is 3.94. The maximum absolute atomic E-state index is 12.4. The van der Waals surface area contributed by atoms with Gasteiger partial charge in [0.1, 0.15) is 0 Å². The minimum atomic E-state index is 0.229. The summed E-state index contributed by atoms with van der Waals surface area (Å²) in [6.07, 6.45) is 3.38. The summed E-state index contributed by atoms with van der Waals surface area (Å²) >= 11 is 0. The molecule has 2 atom stereocenters. The number of hydrogen-bond donors (Lipinski definition) is 0. The molecule has 0 saturated carbocycles. The third-order valence-electron chi connectivity index (χ3n) is 3.94. The molecule has 1 nitrogen and oxygen atoms in total. The van der Waals surface area contributed by atoms with Gasteiger partial charge in [-0.25, -0.2) is 0 Å². The van der Waals surface area contributed by atoms with Crippen molar-refractivity contribution in [1.82, 2.24) is 0 Å². The van der Waals surface area contributed by atoms with E-state index in [-0.39, 0.29) is 5.92 Å². The van der Waals surface area contributed by atoms with Crippen LogP contribution in [0.2, 0.25) is 0 Å². The summed E-state index contributed by atoms with van der Waals surface area (Å²) in [4.78, 5) is 12.4. The van der Waals surface area contributed by atoms with Crippen LogP contribution in [-0.4, -0.2) is 5.78 Å². The van der Waals surface area contributed by atoms with E-state index in [1.807, 2.05) is 12.1 Å². The van der Waals surface area contributed by atoms with Gasteiger partial charge in [-0.15, -0.1) is 0 Å². The highest BCUT2D eigenvalue weighted by Gasteiger charge is 2.39. The van der Waals surface area contributed by atoms with Crippen LogP contribution in [0.25, 0.3) is 0 Å². The highest BCUT2D eigenvalue weighted by molar-refractivity contribution is 6.03. The van der Waals surface area contributed by atoms with Gasteiger partial charge >= 0.3 is 0 Å². The molecule has 0 N–H and O–H groups in total. The number of hydrogen-bond acceptors (Lipinski definition) is 1. The van der Waals surface area contributed by atoms with Crippen molar-refractivity contribution >= 4 is 5.78 Å². The van der Waals surface area contributed by atoms with Crippen LogP contribution in [0.4, 0.5) is 0 Å². The van der Waals surface area contributed by atoms with Crippen LogP contribution < -0.4 is 0 Å². The molecule has 0 amide bonds. The third kappa shape index (κ3) is 2.15. The van der Waals surface area contributed by atoms with Gasteiger partial charge < -0.3 is 0 Å². The fraction of sp³-hybridized carbons (Fsp3) is 0.562. The van der Waals surface area contributed by atoms with Gasteiger partial charge in [-0.05, 0) is 23.8 Å². The zero-order valence-electron chi connectivity index (χ0n) is 11.1.